The van der Waals surface area contributed by atoms with Gasteiger partial charge in [0.25, 0.3) is 5.91 Å². The van der Waals surface area contributed by atoms with Crippen LogP contribution in [0.15, 0.2) is 60.8 Å². The third kappa shape index (κ3) is 4.93. The predicted molar refractivity (Wildman–Crippen MR) is 129 cm³/mol. The first kappa shape index (κ1) is 22.6. The molecule has 8 heteroatoms. The fourth-order valence-corrected chi connectivity index (χ4v) is 3.94. The lowest BCUT2D eigenvalue weighted by atomic mass is 10.00. The maximum Gasteiger partial charge on any atom is 0.251 e. The van der Waals surface area contributed by atoms with E-state index in [2.05, 4.69) is 25.8 Å². The summed E-state index contributed by atoms with van der Waals surface area (Å²) in [5.74, 6) is 0.585. The molecule has 1 unspecified atom stereocenters. The van der Waals surface area contributed by atoms with Crippen molar-refractivity contribution < 1.29 is 4.79 Å². The fraction of sp³-hybridized carbons (Fsp3) is 0.240. The van der Waals surface area contributed by atoms with E-state index in [0.29, 0.717) is 22.1 Å². The Bertz CT molecular complexity index is 1290. The second kappa shape index (κ2) is 9.50. The van der Waals surface area contributed by atoms with Gasteiger partial charge in [0.15, 0.2) is 5.82 Å². The van der Waals surface area contributed by atoms with E-state index in [1.807, 2.05) is 76.2 Å². The average Bonchev–Trinajstić information content (AvgIpc) is 3.30. The summed E-state index contributed by atoms with van der Waals surface area (Å²) in [5.41, 5.74) is 4.64. The topological polar surface area (TPSA) is 85.6 Å². The molecule has 0 fully saturated rings. The number of carbonyl (C=O) groups excluding carboxylic acids is 1. The van der Waals surface area contributed by atoms with E-state index < -0.39 is 0 Å². The first-order chi connectivity index (χ1) is 15.8. The number of benzene rings is 2. The van der Waals surface area contributed by atoms with Gasteiger partial charge >= 0.3 is 0 Å². The molecule has 4 rings (SSSR count). The first-order valence-electron chi connectivity index (χ1n) is 10.8. The maximum absolute atomic E-state index is 13.3. The summed E-state index contributed by atoms with van der Waals surface area (Å²) in [6.07, 6.45) is 1.71. The standard InChI is InChI=1S/C25H25ClN6O/c1-15(2)24-29-30-31-32(24)20-13-18(21-9-8-16(3)11-22(21)26)12-19(14-20)25(33)28-17(4)23-7-5-6-10-27-23/h5-15,17H,1-4H3,(H,28,33). The minimum Gasteiger partial charge on any atom is -0.344 e. The molecule has 2 heterocycles. The average molecular weight is 461 g/mol. The highest BCUT2D eigenvalue weighted by Gasteiger charge is 2.18. The third-order valence-corrected chi connectivity index (χ3v) is 5.66. The normalized spacial score (nSPS) is 12.1. The monoisotopic (exact) mass is 460 g/mol. The molecule has 2 aromatic carbocycles. The van der Waals surface area contributed by atoms with Crippen molar-refractivity contribution in [2.75, 3.05) is 0 Å². The SMILES string of the molecule is Cc1ccc(-c2cc(C(=O)NC(C)c3ccccn3)cc(-n3nnnc3C(C)C)c2)c(Cl)c1. The number of tetrazole rings is 1. The summed E-state index contributed by atoms with van der Waals surface area (Å²) < 4.78 is 1.66. The van der Waals surface area contributed by atoms with Gasteiger partial charge in [0, 0.05) is 28.3 Å². The van der Waals surface area contributed by atoms with E-state index in [1.54, 1.807) is 16.9 Å². The number of carbonyl (C=O) groups is 1. The molecule has 0 bridgehead atoms. The third-order valence-electron chi connectivity index (χ3n) is 5.35. The number of hydrogen-bond acceptors (Lipinski definition) is 5. The fourth-order valence-electron chi connectivity index (χ4n) is 3.60. The Hall–Kier alpha value is -3.58. The summed E-state index contributed by atoms with van der Waals surface area (Å²) in [7, 11) is 0. The van der Waals surface area contributed by atoms with E-state index >= 15 is 0 Å². The van der Waals surface area contributed by atoms with Crippen molar-refractivity contribution in [2.24, 2.45) is 0 Å². The van der Waals surface area contributed by atoms with Gasteiger partial charge in [-0.3, -0.25) is 9.78 Å². The minimum absolute atomic E-state index is 0.105. The molecule has 33 heavy (non-hydrogen) atoms. The number of aromatic nitrogens is 5. The van der Waals surface area contributed by atoms with Crippen molar-refractivity contribution in [3.05, 3.63) is 88.5 Å². The molecule has 0 saturated carbocycles. The molecule has 0 aliphatic heterocycles. The van der Waals surface area contributed by atoms with Gasteiger partial charge in [-0.05, 0) is 71.8 Å². The zero-order chi connectivity index (χ0) is 23.5. The van der Waals surface area contributed by atoms with Gasteiger partial charge in [-0.15, -0.1) is 5.10 Å². The molecule has 1 atom stereocenters. The molecule has 0 radical (unpaired) electrons. The van der Waals surface area contributed by atoms with Gasteiger partial charge in [-0.2, -0.15) is 4.68 Å². The Kier molecular flexibility index (Phi) is 6.51. The van der Waals surface area contributed by atoms with E-state index in [4.69, 9.17) is 11.6 Å². The van der Waals surface area contributed by atoms with Crippen LogP contribution in [0.1, 0.15) is 60.2 Å². The summed E-state index contributed by atoms with van der Waals surface area (Å²) in [6, 6.07) is 16.8. The zero-order valence-electron chi connectivity index (χ0n) is 19.0. The van der Waals surface area contributed by atoms with Crippen LogP contribution in [0, 0.1) is 6.92 Å². The van der Waals surface area contributed by atoms with Gasteiger partial charge in [0.2, 0.25) is 0 Å². The minimum atomic E-state index is -0.256. The van der Waals surface area contributed by atoms with Crippen molar-refractivity contribution in [1.82, 2.24) is 30.5 Å². The molecule has 0 saturated heterocycles. The number of aryl methyl sites for hydroxylation is 1. The molecule has 1 N–H and O–H groups in total. The summed E-state index contributed by atoms with van der Waals surface area (Å²) in [5, 5.41) is 15.8. The maximum atomic E-state index is 13.3. The molecule has 7 nitrogen and oxygen atoms in total. The van der Waals surface area contributed by atoms with E-state index in [9.17, 15) is 4.79 Å². The van der Waals surface area contributed by atoms with Crippen molar-refractivity contribution in [1.29, 1.82) is 0 Å². The molecule has 168 valence electrons. The molecule has 4 aromatic rings. The number of nitrogens with zero attached hydrogens (tertiary/aromatic N) is 5. The Morgan fingerprint density at radius 3 is 2.58 bits per heavy atom. The second-order valence-electron chi connectivity index (χ2n) is 8.31. The Labute approximate surface area is 197 Å². The van der Waals surface area contributed by atoms with Crippen molar-refractivity contribution in [2.45, 2.75) is 39.7 Å². The summed E-state index contributed by atoms with van der Waals surface area (Å²) >= 11 is 6.56. The van der Waals surface area contributed by atoms with Crippen LogP contribution in [-0.4, -0.2) is 31.1 Å². The number of rotatable bonds is 6. The number of nitrogens with one attached hydrogen (secondary N) is 1. The zero-order valence-corrected chi connectivity index (χ0v) is 19.7. The van der Waals surface area contributed by atoms with Crippen LogP contribution in [0.3, 0.4) is 0 Å². The largest absolute Gasteiger partial charge is 0.344 e. The lowest BCUT2D eigenvalue weighted by Crippen LogP contribution is -2.27. The summed E-state index contributed by atoms with van der Waals surface area (Å²) in [4.78, 5) is 17.6. The van der Waals surface area contributed by atoms with Crippen LogP contribution in [0.25, 0.3) is 16.8 Å². The van der Waals surface area contributed by atoms with E-state index in [1.165, 1.54) is 0 Å². The lowest BCUT2D eigenvalue weighted by molar-refractivity contribution is 0.0939. The second-order valence-corrected chi connectivity index (χ2v) is 8.71. The van der Waals surface area contributed by atoms with Gasteiger partial charge in [-0.25, -0.2) is 0 Å². The molecule has 2 aromatic heterocycles. The number of pyridine rings is 1. The van der Waals surface area contributed by atoms with Crippen molar-refractivity contribution in [3.8, 4) is 16.8 Å². The summed E-state index contributed by atoms with van der Waals surface area (Å²) in [6.45, 7) is 7.93. The van der Waals surface area contributed by atoms with Crippen LogP contribution < -0.4 is 5.32 Å². The van der Waals surface area contributed by atoms with Gasteiger partial charge in [0.1, 0.15) is 0 Å². The van der Waals surface area contributed by atoms with Crippen LogP contribution in [0.2, 0.25) is 5.02 Å². The highest BCUT2D eigenvalue weighted by atomic mass is 35.5. The van der Waals surface area contributed by atoms with Gasteiger partial charge < -0.3 is 5.32 Å². The Morgan fingerprint density at radius 1 is 1.06 bits per heavy atom. The first-order valence-corrected chi connectivity index (χ1v) is 11.1. The molecular weight excluding hydrogens is 436 g/mol. The van der Waals surface area contributed by atoms with Crippen LogP contribution in [-0.2, 0) is 0 Å². The molecule has 1 amide bonds. The predicted octanol–water partition coefficient (Wildman–Crippen LogP) is 5.30. The Balaban J connectivity index is 1.79. The quantitative estimate of drug-likeness (QED) is 0.422. The molecule has 0 aliphatic carbocycles. The lowest BCUT2D eigenvalue weighted by Gasteiger charge is -2.16. The van der Waals surface area contributed by atoms with E-state index in [-0.39, 0.29) is 17.9 Å². The molecule has 0 spiro atoms. The van der Waals surface area contributed by atoms with Crippen molar-refractivity contribution in [3.63, 3.8) is 0 Å². The smallest absolute Gasteiger partial charge is 0.251 e. The van der Waals surface area contributed by atoms with Crippen molar-refractivity contribution >= 4 is 17.5 Å². The highest BCUT2D eigenvalue weighted by molar-refractivity contribution is 6.33. The number of amides is 1. The number of halogens is 1. The molecule has 0 aliphatic rings. The van der Waals surface area contributed by atoms with E-state index in [0.717, 1.165) is 22.4 Å². The van der Waals surface area contributed by atoms with Gasteiger partial charge in [-0.1, -0.05) is 43.6 Å². The van der Waals surface area contributed by atoms with Crippen LogP contribution in [0.5, 0.6) is 0 Å². The number of hydrogen-bond donors (Lipinski definition) is 1. The molecular formula is C25H25ClN6O. The Morgan fingerprint density at radius 2 is 1.88 bits per heavy atom. The van der Waals surface area contributed by atoms with Crippen LogP contribution in [0.4, 0.5) is 0 Å². The van der Waals surface area contributed by atoms with Crippen LogP contribution >= 0.6 is 11.6 Å². The van der Waals surface area contributed by atoms with Gasteiger partial charge in [0.05, 0.1) is 17.4 Å². The highest BCUT2D eigenvalue weighted by Crippen LogP contribution is 2.32.